The van der Waals surface area contributed by atoms with Crippen molar-refractivity contribution in [2.75, 3.05) is 18.5 Å². The van der Waals surface area contributed by atoms with E-state index in [-0.39, 0.29) is 41.2 Å². The number of aromatic nitrogens is 5. The highest BCUT2D eigenvalue weighted by Crippen LogP contribution is 2.36. The number of ether oxygens (including phenoxy) is 2. The van der Waals surface area contributed by atoms with E-state index < -0.39 is 29.8 Å². The Morgan fingerprint density at radius 2 is 1.82 bits per heavy atom. The Kier molecular flexibility index (Phi) is 7.94. The van der Waals surface area contributed by atoms with Crippen molar-refractivity contribution in [1.29, 1.82) is 0 Å². The molecule has 16 heteroatoms. The quantitative estimate of drug-likeness (QED) is 0.428. The van der Waals surface area contributed by atoms with Crippen molar-refractivity contribution in [3.63, 3.8) is 0 Å². The van der Waals surface area contributed by atoms with Gasteiger partial charge in [-0.25, -0.2) is 9.78 Å². The number of carbonyl (C=O) groups excluding carboxylic acids is 1. The van der Waals surface area contributed by atoms with Gasteiger partial charge in [0.15, 0.2) is 11.4 Å². The molecule has 0 atom stereocenters. The maximum atomic E-state index is 13.4. The lowest BCUT2D eigenvalue weighted by molar-refractivity contribution is -0.142. The van der Waals surface area contributed by atoms with Crippen LogP contribution in [0.3, 0.4) is 0 Å². The summed E-state index contributed by atoms with van der Waals surface area (Å²) in [6.45, 7) is 2.14. The zero-order valence-corrected chi connectivity index (χ0v) is 20.7. The fourth-order valence-electron chi connectivity index (χ4n) is 3.86. The highest BCUT2D eigenvalue weighted by molar-refractivity contribution is 5.89. The normalized spacial score (nSPS) is 14.8. The molecule has 39 heavy (non-hydrogen) atoms. The van der Waals surface area contributed by atoms with Gasteiger partial charge in [0.2, 0.25) is 5.88 Å². The van der Waals surface area contributed by atoms with E-state index in [2.05, 4.69) is 30.9 Å². The second kappa shape index (κ2) is 11.0. The van der Waals surface area contributed by atoms with Gasteiger partial charge < -0.3 is 20.1 Å². The molecule has 10 nitrogen and oxygen atoms in total. The molecule has 4 rings (SSSR count). The van der Waals surface area contributed by atoms with Crippen molar-refractivity contribution in [3.8, 4) is 17.1 Å². The van der Waals surface area contributed by atoms with E-state index in [0.29, 0.717) is 37.7 Å². The van der Waals surface area contributed by atoms with Gasteiger partial charge in [-0.15, -0.1) is 5.10 Å². The molecular weight excluding hydrogens is 536 g/mol. The SMILES string of the molecule is Cc1cc(CNC(=O)Nc2cc(OC3CCOCC3)nc(C(F)(F)F)c2)nnc1-c1cn(C)nc1C(F)(F)F. The van der Waals surface area contributed by atoms with Crippen molar-refractivity contribution < 1.29 is 40.6 Å². The van der Waals surface area contributed by atoms with E-state index >= 15 is 0 Å². The topological polar surface area (TPSA) is 116 Å². The van der Waals surface area contributed by atoms with Crippen LogP contribution in [-0.2, 0) is 30.7 Å². The molecule has 1 fully saturated rings. The van der Waals surface area contributed by atoms with Crippen molar-refractivity contribution >= 4 is 11.7 Å². The summed E-state index contributed by atoms with van der Waals surface area (Å²) in [7, 11) is 1.35. The molecule has 0 aromatic carbocycles. The monoisotopic (exact) mass is 559 g/mol. The lowest BCUT2D eigenvalue weighted by Crippen LogP contribution is -2.29. The van der Waals surface area contributed by atoms with Crippen LogP contribution in [-0.4, -0.2) is 50.3 Å². The Balaban J connectivity index is 1.44. The molecule has 3 aromatic heterocycles. The number of carbonyl (C=O) groups is 1. The molecule has 210 valence electrons. The van der Waals surface area contributed by atoms with Gasteiger partial charge in [0.25, 0.3) is 0 Å². The van der Waals surface area contributed by atoms with E-state index in [9.17, 15) is 31.1 Å². The summed E-state index contributed by atoms with van der Waals surface area (Å²) < 4.78 is 91.9. The highest BCUT2D eigenvalue weighted by atomic mass is 19.4. The van der Waals surface area contributed by atoms with Gasteiger partial charge in [-0.3, -0.25) is 4.68 Å². The Hall–Kier alpha value is -3.95. The standard InChI is InChI=1S/C23H23F6N7O3/c1-12-7-14(33-34-19(12)16-11-36(2)35-20(16)23(27,28)29)10-30-21(37)31-13-8-17(22(24,25)26)32-18(9-13)39-15-3-5-38-6-4-15/h7-9,11,15H,3-6,10H2,1-2H3,(H2,30,31,32,37). The molecule has 3 aromatic rings. The third-order valence-corrected chi connectivity index (χ3v) is 5.62. The molecule has 0 bridgehead atoms. The van der Waals surface area contributed by atoms with E-state index in [1.807, 2.05) is 0 Å². The second-order valence-corrected chi connectivity index (χ2v) is 8.74. The molecule has 0 radical (unpaired) electrons. The summed E-state index contributed by atoms with van der Waals surface area (Å²) in [5.74, 6) is -0.294. The first kappa shape index (κ1) is 28.1. The molecule has 2 N–H and O–H groups in total. The minimum Gasteiger partial charge on any atom is -0.474 e. The first-order valence-electron chi connectivity index (χ1n) is 11.6. The summed E-state index contributed by atoms with van der Waals surface area (Å²) in [5.41, 5.74) is -2.28. The number of amides is 2. The van der Waals surface area contributed by atoms with Gasteiger partial charge in [0.05, 0.1) is 36.7 Å². The molecule has 0 aliphatic carbocycles. The van der Waals surface area contributed by atoms with Crippen molar-refractivity contribution in [3.05, 3.63) is 47.0 Å². The number of urea groups is 1. The van der Waals surface area contributed by atoms with Crippen LogP contribution in [0.4, 0.5) is 36.8 Å². The summed E-state index contributed by atoms with van der Waals surface area (Å²) >= 11 is 0. The molecule has 1 aliphatic rings. The highest BCUT2D eigenvalue weighted by Gasteiger charge is 2.38. The van der Waals surface area contributed by atoms with Crippen LogP contribution in [0.1, 0.15) is 35.5 Å². The van der Waals surface area contributed by atoms with E-state index in [1.54, 1.807) is 0 Å². The molecule has 1 saturated heterocycles. The lowest BCUT2D eigenvalue weighted by atomic mass is 10.1. The Morgan fingerprint density at radius 3 is 2.46 bits per heavy atom. The van der Waals surface area contributed by atoms with Crippen LogP contribution in [0, 0.1) is 6.92 Å². The van der Waals surface area contributed by atoms with Gasteiger partial charge in [-0.1, -0.05) is 0 Å². The average Bonchev–Trinajstić information content (AvgIpc) is 3.25. The smallest absolute Gasteiger partial charge is 0.435 e. The van der Waals surface area contributed by atoms with Gasteiger partial charge in [0.1, 0.15) is 6.10 Å². The minimum atomic E-state index is -4.78. The fourth-order valence-corrected chi connectivity index (χ4v) is 3.86. The van der Waals surface area contributed by atoms with Crippen LogP contribution in [0.5, 0.6) is 5.88 Å². The third-order valence-electron chi connectivity index (χ3n) is 5.62. The minimum absolute atomic E-state index is 0.0304. The Labute approximate surface area is 217 Å². The maximum absolute atomic E-state index is 13.4. The van der Waals surface area contributed by atoms with Crippen LogP contribution < -0.4 is 15.4 Å². The number of hydrogen-bond donors (Lipinski definition) is 2. The predicted octanol–water partition coefficient (Wildman–Crippen LogP) is 4.50. The van der Waals surface area contributed by atoms with Crippen molar-refractivity contribution in [1.82, 2.24) is 30.3 Å². The van der Waals surface area contributed by atoms with Gasteiger partial charge >= 0.3 is 18.4 Å². The number of halogens is 6. The largest absolute Gasteiger partial charge is 0.474 e. The van der Waals surface area contributed by atoms with Crippen LogP contribution in [0.2, 0.25) is 0 Å². The summed E-state index contributed by atoms with van der Waals surface area (Å²) in [4.78, 5) is 15.9. The van der Waals surface area contributed by atoms with Crippen LogP contribution in [0.15, 0.2) is 24.4 Å². The van der Waals surface area contributed by atoms with Crippen molar-refractivity contribution in [2.24, 2.45) is 7.05 Å². The lowest BCUT2D eigenvalue weighted by Gasteiger charge is -2.23. The predicted molar refractivity (Wildman–Crippen MR) is 124 cm³/mol. The third kappa shape index (κ3) is 7.13. The molecule has 0 saturated carbocycles. The summed E-state index contributed by atoms with van der Waals surface area (Å²) in [6.07, 6.45) is -7.71. The zero-order valence-electron chi connectivity index (χ0n) is 20.7. The van der Waals surface area contributed by atoms with Gasteiger partial charge in [-0.05, 0) is 24.6 Å². The Bertz CT molecular complexity index is 1340. The first-order chi connectivity index (χ1) is 18.3. The number of rotatable bonds is 6. The number of anilines is 1. The number of nitrogens with one attached hydrogen (secondary N) is 2. The molecule has 0 spiro atoms. The zero-order chi connectivity index (χ0) is 28.4. The molecule has 1 aliphatic heterocycles. The van der Waals surface area contributed by atoms with Gasteiger partial charge in [0, 0.05) is 37.8 Å². The van der Waals surface area contributed by atoms with Gasteiger partial charge in [-0.2, -0.15) is 36.5 Å². The van der Waals surface area contributed by atoms with Crippen molar-refractivity contribution in [2.45, 2.75) is 44.8 Å². The van der Waals surface area contributed by atoms with Crippen LogP contribution in [0.25, 0.3) is 11.3 Å². The maximum Gasteiger partial charge on any atom is 0.435 e. The second-order valence-electron chi connectivity index (χ2n) is 8.74. The number of pyridine rings is 1. The number of nitrogens with zero attached hydrogens (tertiary/aromatic N) is 5. The summed E-state index contributed by atoms with van der Waals surface area (Å²) in [5, 5.41) is 15.9. The van der Waals surface area contributed by atoms with Crippen LogP contribution >= 0.6 is 0 Å². The molecule has 2 amide bonds. The first-order valence-corrected chi connectivity index (χ1v) is 11.6. The van der Waals surface area contributed by atoms with E-state index in [1.165, 1.54) is 32.3 Å². The number of aryl methyl sites for hydroxylation is 2. The molecule has 4 heterocycles. The molecule has 0 unspecified atom stereocenters. The molecular formula is C23H23F6N7O3. The fraction of sp³-hybridized carbons (Fsp3) is 0.435. The summed E-state index contributed by atoms with van der Waals surface area (Å²) in [6, 6.07) is 2.42. The number of hydrogen-bond acceptors (Lipinski definition) is 7. The Morgan fingerprint density at radius 1 is 1.10 bits per heavy atom. The van der Waals surface area contributed by atoms with E-state index in [4.69, 9.17) is 9.47 Å². The number of alkyl halides is 6. The average molecular weight is 559 g/mol. The van der Waals surface area contributed by atoms with E-state index in [0.717, 1.165) is 4.68 Å².